The molecule has 1 heterocycles. The van der Waals surface area contributed by atoms with Gasteiger partial charge in [-0.25, -0.2) is 0 Å². The fourth-order valence-corrected chi connectivity index (χ4v) is 3.24. The third-order valence-corrected chi connectivity index (χ3v) is 4.68. The Balaban J connectivity index is 1.51. The molecular formula is C17H20ClN3O. The number of nitrogens with one attached hydrogen (secondary N) is 2. The Labute approximate surface area is 135 Å². The minimum atomic E-state index is 0.0714. The van der Waals surface area contributed by atoms with Crippen LogP contribution in [0.3, 0.4) is 0 Å². The number of aryl methyl sites for hydroxylation is 2. The molecule has 2 N–H and O–H groups in total. The minimum absolute atomic E-state index is 0.0714. The van der Waals surface area contributed by atoms with E-state index in [1.165, 1.54) is 5.56 Å². The molecule has 0 saturated heterocycles. The van der Waals surface area contributed by atoms with E-state index in [0.29, 0.717) is 12.3 Å². The van der Waals surface area contributed by atoms with Crippen LogP contribution in [0.1, 0.15) is 41.3 Å². The standard InChI is InChI=1S/C17H20ClN3O/c1-10-16(11(2)21-20-10)9-17(22)19-15-7-13(8-15)12-4-3-5-14(18)6-12/h3-6,13,15H,7-9H2,1-2H3,(H,19,22)(H,20,21). The van der Waals surface area contributed by atoms with Crippen molar-refractivity contribution in [3.8, 4) is 0 Å². The molecule has 0 spiro atoms. The second kappa shape index (κ2) is 6.13. The van der Waals surface area contributed by atoms with Gasteiger partial charge in [0.1, 0.15) is 0 Å². The van der Waals surface area contributed by atoms with Crippen molar-refractivity contribution in [2.24, 2.45) is 0 Å². The first-order valence-electron chi connectivity index (χ1n) is 7.58. The number of hydrogen-bond donors (Lipinski definition) is 2. The number of carbonyl (C=O) groups is 1. The van der Waals surface area contributed by atoms with Crippen molar-refractivity contribution in [2.45, 2.75) is 45.1 Å². The van der Waals surface area contributed by atoms with Gasteiger partial charge in [0, 0.05) is 22.3 Å². The third kappa shape index (κ3) is 3.17. The third-order valence-electron chi connectivity index (χ3n) is 4.44. The number of carbonyl (C=O) groups excluding carboxylic acids is 1. The predicted molar refractivity (Wildman–Crippen MR) is 87.1 cm³/mol. The molecule has 3 rings (SSSR count). The number of amides is 1. The maximum atomic E-state index is 12.1. The zero-order chi connectivity index (χ0) is 15.7. The van der Waals surface area contributed by atoms with Crippen molar-refractivity contribution in [3.63, 3.8) is 0 Å². The number of aromatic nitrogens is 2. The van der Waals surface area contributed by atoms with E-state index in [4.69, 9.17) is 11.6 Å². The lowest BCUT2D eigenvalue weighted by Gasteiger charge is -2.36. The van der Waals surface area contributed by atoms with Gasteiger partial charge < -0.3 is 5.32 Å². The van der Waals surface area contributed by atoms with E-state index in [1.807, 2.05) is 32.0 Å². The van der Waals surface area contributed by atoms with Gasteiger partial charge in [0.25, 0.3) is 0 Å². The summed E-state index contributed by atoms with van der Waals surface area (Å²) >= 11 is 6.02. The highest BCUT2D eigenvalue weighted by Gasteiger charge is 2.31. The summed E-state index contributed by atoms with van der Waals surface area (Å²) in [5.74, 6) is 0.573. The van der Waals surface area contributed by atoms with Crippen LogP contribution in [-0.4, -0.2) is 22.1 Å². The van der Waals surface area contributed by atoms with Crippen LogP contribution in [0.2, 0.25) is 5.02 Å². The van der Waals surface area contributed by atoms with Crippen molar-refractivity contribution in [1.29, 1.82) is 0 Å². The van der Waals surface area contributed by atoms with E-state index in [1.54, 1.807) is 0 Å². The number of benzene rings is 1. The number of halogens is 1. The summed E-state index contributed by atoms with van der Waals surface area (Å²) in [6, 6.07) is 8.26. The lowest BCUT2D eigenvalue weighted by molar-refractivity contribution is -0.121. The van der Waals surface area contributed by atoms with Gasteiger partial charge in [0.2, 0.25) is 5.91 Å². The predicted octanol–water partition coefficient (Wildman–Crippen LogP) is 3.28. The Bertz CT molecular complexity index is 669. The molecule has 1 fully saturated rings. The van der Waals surface area contributed by atoms with E-state index in [-0.39, 0.29) is 11.9 Å². The Morgan fingerprint density at radius 2 is 2.18 bits per heavy atom. The molecule has 22 heavy (non-hydrogen) atoms. The van der Waals surface area contributed by atoms with Gasteiger partial charge in [-0.05, 0) is 50.3 Å². The topological polar surface area (TPSA) is 57.8 Å². The largest absolute Gasteiger partial charge is 0.353 e. The maximum Gasteiger partial charge on any atom is 0.224 e. The first-order chi connectivity index (χ1) is 10.5. The van der Waals surface area contributed by atoms with Gasteiger partial charge >= 0.3 is 0 Å². The van der Waals surface area contributed by atoms with Crippen molar-refractivity contribution >= 4 is 17.5 Å². The van der Waals surface area contributed by atoms with Gasteiger partial charge in [0.15, 0.2) is 0 Å². The molecule has 1 aromatic carbocycles. The molecular weight excluding hydrogens is 298 g/mol. The second-order valence-corrected chi connectivity index (χ2v) is 6.51. The van der Waals surface area contributed by atoms with Crippen molar-refractivity contribution in [1.82, 2.24) is 15.5 Å². The maximum absolute atomic E-state index is 12.1. The molecule has 0 aliphatic heterocycles. The van der Waals surface area contributed by atoms with E-state index in [2.05, 4.69) is 21.6 Å². The minimum Gasteiger partial charge on any atom is -0.353 e. The van der Waals surface area contributed by atoms with E-state index in [0.717, 1.165) is 34.8 Å². The molecule has 2 aromatic rings. The molecule has 1 amide bonds. The summed E-state index contributed by atoms with van der Waals surface area (Å²) in [4.78, 5) is 12.1. The lowest BCUT2D eigenvalue weighted by atomic mass is 9.76. The lowest BCUT2D eigenvalue weighted by Crippen LogP contribution is -2.44. The number of hydrogen-bond acceptors (Lipinski definition) is 2. The molecule has 1 aromatic heterocycles. The highest BCUT2D eigenvalue weighted by atomic mass is 35.5. The highest BCUT2D eigenvalue weighted by Crippen LogP contribution is 2.37. The molecule has 1 aliphatic carbocycles. The van der Waals surface area contributed by atoms with Crippen LogP contribution in [-0.2, 0) is 11.2 Å². The van der Waals surface area contributed by atoms with Gasteiger partial charge in [-0.15, -0.1) is 0 Å². The van der Waals surface area contributed by atoms with Crippen molar-refractivity contribution in [3.05, 3.63) is 51.8 Å². The molecule has 0 bridgehead atoms. The Morgan fingerprint density at radius 1 is 1.41 bits per heavy atom. The van der Waals surface area contributed by atoms with Gasteiger partial charge in [0.05, 0.1) is 12.1 Å². The van der Waals surface area contributed by atoms with E-state index in [9.17, 15) is 4.79 Å². The van der Waals surface area contributed by atoms with Gasteiger partial charge in [-0.3, -0.25) is 9.89 Å². The summed E-state index contributed by atoms with van der Waals surface area (Å²) in [5.41, 5.74) is 4.14. The fourth-order valence-electron chi connectivity index (χ4n) is 3.04. The zero-order valence-corrected chi connectivity index (χ0v) is 13.6. The molecule has 4 nitrogen and oxygen atoms in total. The normalized spacial score (nSPS) is 20.5. The number of rotatable bonds is 4. The summed E-state index contributed by atoms with van der Waals surface area (Å²) in [7, 11) is 0. The molecule has 5 heteroatoms. The average molecular weight is 318 g/mol. The van der Waals surface area contributed by atoms with Crippen molar-refractivity contribution in [2.75, 3.05) is 0 Å². The molecule has 1 aliphatic rings. The van der Waals surface area contributed by atoms with Gasteiger partial charge in [-0.2, -0.15) is 5.10 Å². The first kappa shape index (κ1) is 15.1. The van der Waals surface area contributed by atoms with Crippen molar-refractivity contribution < 1.29 is 4.79 Å². The van der Waals surface area contributed by atoms with Crippen LogP contribution in [0.5, 0.6) is 0 Å². The molecule has 0 atom stereocenters. The zero-order valence-electron chi connectivity index (χ0n) is 12.8. The average Bonchev–Trinajstić information content (AvgIpc) is 2.74. The SMILES string of the molecule is Cc1n[nH]c(C)c1CC(=O)NC1CC(c2cccc(Cl)c2)C1. The molecule has 0 radical (unpaired) electrons. The highest BCUT2D eigenvalue weighted by molar-refractivity contribution is 6.30. The molecule has 1 saturated carbocycles. The Morgan fingerprint density at radius 3 is 2.82 bits per heavy atom. The van der Waals surface area contributed by atoms with E-state index < -0.39 is 0 Å². The van der Waals surface area contributed by atoms with Crippen LogP contribution in [0, 0.1) is 13.8 Å². The van der Waals surface area contributed by atoms with Gasteiger partial charge in [-0.1, -0.05) is 23.7 Å². The molecule has 116 valence electrons. The first-order valence-corrected chi connectivity index (χ1v) is 7.96. The quantitative estimate of drug-likeness (QED) is 0.909. The Kier molecular flexibility index (Phi) is 4.21. The summed E-state index contributed by atoms with van der Waals surface area (Å²) in [6.45, 7) is 3.87. The number of nitrogens with zero attached hydrogens (tertiary/aromatic N) is 1. The van der Waals surface area contributed by atoms with E-state index >= 15 is 0 Å². The number of aromatic amines is 1. The summed E-state index contributed by atoms with van der Waals surface area (Å²) in [6.07, 6.45) is 2.36. The smallest absolute Gasteiger partial charge is 0.224 e. The fraction of sp³-hybridized carbons (Fsp3) is 0.412. The monoisotopic (exact) mass is 317 g/mol. The van der Waals surface area contributed by atoms with Crippen LogP contribution in [0.15, 0.2) is 24.3 Å². The van der Waals surface area contributed by atoms with Crippen LogP contribution >= 0.6 is 11.6 Å². The van der Waals surface area contributed by atoms with Crippen LogP contribution < -0.4 is 5.32 Å². The van der Waals surface area contributed by atoms with Crippen LogP contribution in [0.4, 0.5) is 0 Å². The Hall–Kier alpha value is -1.81. The van der Waals surface area contributed by atoms with Crippen LogP contribution in [0.25, 0.3) is 0 Å². The molecule has 0 unspecified atom stereocenters. The summed E-state index contributed by atoms with van der Waals surface area (Å²) in [5, 5.41) is 10.9. The summed E-state index contributed by atoms with van der Waals surface area (Å²) < 4.78 is 0. The second-order valence-electron chi connectivity index (χ2n) is 6.08. The number of H-pyrrole nitrogens is 1.